The third kappa shape index (κ3) is 3.16. The molecule has 0 unspecified atom stereocenters. The molecule has 0 spiro atoms. The lowest BCUT2D eigenvalue weighted by atomic mass is 10.0. The number of hydrogen-bond acceptors (Lipinski definition) is 5. The molecule has 0 heterocycles. The molecule has 7 heteroatoms. The minimum absolute atomic E-state index is 0.0423. The van der Waals surface area contributed by atoms with Gasteiger partial charge < -0.3 is 19.9 Å². The Kier molecular flexibility index (Phi) is 5.26. The molecule has 0 saturated carbocycles. The number of nitrogens with two attached hydrogens (primary N) is 1. The van der Waals surface area contributed by atoms with E-state index in [2.05, 4.69) is 4.74 Å². The molecule has 1 aromatic carbocycles. The summed E-state index contributed by atoms with van der Waals surface area (Å²) in [6.07, 6.45) is 0. The van der Waals surface area contributed by atoms with Gasteiger partial charge >= 0.3 is 11.9 Å². The van der Waals surface area contributed by atoms with E-state index in [1.54, 1.807) is 0 Å². The van der Waals surface area contributed by atoms with E-state index in [0.717, 1.165) is 0 Å². The first-order chi connectivity index (χ1) is 9.38. The average molecular weight is 289 g/mol. The van der Waals surface area contributed by atoms with Gasteiger partial charge in [-0.25, -0.2) is 4.79 Å². The molecule has 0 radical (unpaired) electrons. The SMILES string of the molecule is CCOC(=O)C(F)(F)[C@H](N)c1ccc(OC)c(OC)c1. The Morgan fingerprint density at radius 3 is 2.40 bits per heavy atom. The highest BCUT2D eigenvalue weighted by Gasteiger charge is 2.47. The molecule has 0 aliphatic heterocycles. The summed E-state index contributed by atoms with van der Waals surface area (Å²) >= 11 is 0. The predicted molar refractivity (Wildman–Crippen MR) is 68.1 cm³/mol. The Bertz CT molecular complexity index is 479. The standard InChI is InChI=1S/C13H17F2NO4/c1-4-20-12(17)13(14,15)11(16)8-5-6-9(18-2)10(7-8)19-3/h5-7,11H,4,16H2,1-3H3/t11-/m1/s1. The predicted octanol–water partition coefficient (Wildman–Crippen LogP) is 1.90. The van der Waals surface area contributed by atoms with Gasteiger partial charge in [0.2, 0.25) is 0 Å². The highest BCUT2D eigenvalue weighted by molar-refractivity contribution is 5.79. The molecule has 0 aliphatic carbocycles. The summed E-state index contributed by atoms with van der Waals surface area (Å²) in [7, 11) is 2.79. The van der Waals surface area contributed by atoms with Crippen molar-refractivity contribution in [2.24, 2.45) is 5.73 Å². The third-order valence-electron chi connectivity index (χ3n) is 2.70. The first-order valence-electron chi connectivity index (χ1n) is 5.91. The molecule has 0 aromatic heterocycles. The Hall–Kier alpha value is -1.89. The number of carbonyl (C=O) groups is 1. The van der Waals surface area contributed by atoms with Crippen LogP contribution in [0.25, 0.3) is 0 Å². The minimum atomic E-state index is -3.82. The number of rotatable bonds is 6. The maximum atomic E-state index is 13.8. The van der Waals surface area contributed by atoms with Gasteiger partial charge in [-0.05, 0) is 24.6 Å². The summed E-state index contributed by atoms with van der Waals surface area (Å²) in [5.41, 5.74) is 5.51. The van der Waals surface area contributed by atoms with Crippen molar-refractivity contribution in [1.82, 2.24) is 0 Å². The summed E-state index contributed by atoms with van der Waals surface area (Å²) in [5, 5.41) is 0. The molecule has 20 heavy (non-hydrogen) atoms. The van der Waals surface area contributed by atoms with Crippen molar-refractivity contribution in [3.8, 4) is 11.5 Å². The summed E-state index contributed by atoms with van der Waals surface area (Å²) in [4.78, 5) is 11.2. The van der Waals surface area contributed by atoms with Crippen LogP contribution in [0.15, 0.2) is 18.2 Å². The normalized spacial score (nSPS) is 12.7. The maximum absolute atomic E-state index is 13.8. The van der Waals surface area contributed by atoms with Crippen LogP contribution in [0.1, 0.15) is 18.5 Å². The van der Waals surface area contributed by atoms with Crippen molar-refractivity contribution in [3.63, 3.8) is 0 Å². The van der Waals surface area contributed by atoms with Gasteiger partial charge in [0.15, 0.2) is 11.5 Å². The van der Waals surface area contributed by atoms with Crippen LogP contribution in [-0.4, -0.2) is 32.7 Å². The number of alkyl halides is 2. The first-order valence-corrected chi connectivity index (χ1v) is 5.91. The van der Waals surface area contributed by atoms with E-state index in [-0.39, 0.29) is 17.9 Å². The Morgan fingerprint density at radius 2 is 1.90 bits per heavy atom. The maximum Gasteiger partial charge on any atom is 0.379 e. The van der Waals surface area contributed by atoms with Crippen molar-refractivity contribution in [2.75, 3.05) is 20.8 Å². The zero-order valence-corrected chi connectivity index (χ0v) is 11.5. The third-order valence-corrected chi connectivity index (χ3v) is 2.70. The van der Waals surface area contributed by atoms with Crippen molar-refractivity contribution in [1.29, 1.82) is 0 Å². The number of benzene rings is 1. The fourth-order valence-electron chi connectivity index (χ4n) is 1.61. The van der Waals surface area contributed by atoms with E-state index in [1.807, 2.05) is 0 Å². The molecule has 0 amide bonds. The van der Waals surface area contributed by atoms with Gasteiger partial charge in [-0.1, -0.05) is 6.07 Å². The average Bonchev–Trinajstić information content (AvgIpc) is 2.45. The largest absolute Gasteiger partial charge is 0.493 e. The molecule has 1 rings (SSSR count). The highest BCUT2D eigenvalue weighted by atomic mass is 19.3. The molecule has 0 bridgehead atoms. The van der Waals surface area contributed by atoms with Crippen LogP contribution < -0.4 is 15.2 Å². The van der Waals surface area contributed by atoms with Gasteiger partial charge in [0.1, 0.15) is 6.04 Å². The van der Waals surface area contributed by atoms with Crippen LogP contribution in [0.2, 0.25) is 0 Å². The van der Waals surface area contributed by atoms with Crippen LogP contribution >= 0.6 is 0 Å². The monoisotopic (exact) mass is 289 g/mol. The van der Waals surface area contributed by atoms with Gasteiger partial charge in [-0.2, -0.15) is 8.78 Å². The van der Waals surface area contributed by atoms with Crippen molar-refractivity contribution >= 4 is 5.97 Å². The molecule has 0 saturated heterocycles. The molecule has 0 fully saturated rings. The van der Waals surface area contributed by atoms with Crippen molar-refractivity contribution in [3.05, 3.63) is 23.8 Å². The zero-order chi connectivity index (χ0) is 15.3. The first kappa shape index (κ1) is 16.2. The molecular weight excluding hydrogens is 272 g/mol. The molecular formula is C13H17F2NO4. The second-order valence-corrected chi connectivity index (χ2v) is 3.94. The number of hydrogen-bond donors (Lipinski definition) is 1. The molecule has 1 atom stereocenters. The van der Waals surface area contributed by atoms with Crippen LogP contribution in [0.3, 0.4) is 0 Å². The minimum Gasteiger partial charge on any atom is -0.493 e. The van der Waals surface area contributed by atoms with E-state index in [1.165, 1.54) is 39.3 Å². The fourth-order valence-corrected chi connectivity index (χ4v) is 1.61. The van der Waals surface area contributed by atoms with Crippen LogP contribution in [0.5, 0.6) is 11.5 Å². The van der Waals surface area contributed by atoms with Gasteiger partial charge in [0, 0.05) is 0 Å². The number of halogens is 2. The van der Waals surface area contributed by atoms with Crippen LogP contribution in [-0.2, 0) is 9.53 Å². The summed E-state index contributed by atoms with van der Waals surface area (Å²) in [5.74, 6) is -4.85. The van der Waals surface area contributed by atoms with E-state index in [9.17, 15) is 13.6 Å². The van der Waals surface area contributed by atoms with E-state index in [0.29, 0.717) is 5.75 Å². The molecule has 1 aromatic rings. The van der Waals surface area contributed by atoms with Crippen LogP contribution in [0, 0.1) is 0 Å². The fraction of sp³-hybridized carbons (Fsp3) is 0.462. The molecule has 0 aliphatic rings. The lowest BCUT2D eigenvalue weighted by Gasteiger charge is -2.22. The number of ether oxygens (including phenoxy) is 3. The van der Waals surface area contributed by atoms with E-state index in [4.69, 9.17) is 15.2 Å². The summed E-state index contributed by atoms with van der Waals surface area (Å²) in [6.45, 7) is 1.29. The Balaban J connectivity index is 3.08. The Morgan fingerprint density at radius 1 is 1.30 bits per heavy atom. The lowest BCUT2D eigenvalue weighted by Crippen LogP contribution is -2.41. The summed E-state index contributed by atoms with van der Waals surface area (Å²) in [6, 6.07) is 2.26. The summed E-state index contributed by atoms with van der Waals surface area (Å²) < 4.78 is 42.0. The van der Waals surface area contributed by atoms with Gasteiger partial charge in [-0.15, -0.1) is 0 Å². The molecule has 2 N–H and O–H groups in total. The quantitative estimate of drug-likeness (QED) is 0.810. The van der Waals surface area contributed by atoms with E-state index >= 15 is 0 Å². The number of carbonyl (C=O) groups excluding carboxylic acids is 1. The highest BCUT2D eigenvalue weighted by Crippen LogP contribution is 2.35. The molecule has 112 valence electrons. The van der Waals surface area contributed by atoms with Crippen molar-refractivity contribution < 1.29 is 27.8 Å². The Labute approximate surface area is 115 Å². The molecule has 5 nitrogen and oxygen atoms in total. The zero-order valence-electron chi connectivity index (χ0n) is 11.5. The topological polar surface area (TPSA) is 70.8 Å². The second kappa shape index (κ2) is 6.51. The van der Waals surface area contributed by atoms with Gasteiger partial charge in [0.05, 0.1) is 20.8 Å². The van der Waals surface area contributed by atoms with Gasteiger partial charge in [0.25, 0.3) is 0 Å². The van der Waals surface area contributed by atoms with Crippen molar-refractivity contribution in [2.45, 2.75) is 18.9 Å². The van der Waals surface area contributed by atoms with Gasteiger partial charge in [-0.3, -0.25) is 0 Å². The smallest absolute Gasteiger partial charge is 0.379 e. The number of methoxy groups -OCH3 is 2. The lowest BCUT2D eigenvalue weighted by molar-refractivity contribution is -0.174. The number of esters is 1. The second-order valence-electron chi connectivity index (χ2n) is 3.94. The van der Waals surface area contributed by atoms with Crippen LogP contribution in [0.4, 0.5) is 8.78 Å². The van der Waals surface area contributed by atoms with E-state index < -0.39 is 17.9 Å².